The van der Waals surface area contributed by atoms with Crippen molar-refractivity contribution in [3.8, 4) is 0 Å². The maximum atomic E-state index is 12.1. The third kappa shape index (κ3) is 2.22. The van der Waals surface area contributed by atoms with Gasteiger partial charge in [-0.2, -0.15) is 0 Å². The number of hydrogen-bond donors (Lipinski definition) is 1. The van der Waals surface area contributed by atoms with Crippen LogP contribution in [0.5, 0.6) is 0 Å². The third-order valence-electron chi connectivity index (χ3n) is 3.78. The molecule has 0 aliphatic heterocycles. The van der Waals surface area contributed by atoms with Crippen LogP contribution in [-0.2, 0) is 4.74 Å². The lowest BCUT2D eigenvalue weighted by atomic mass is 9.64. The SMILES string of the molecule is COC1CC(NC(=O)c2ccncc2Cl)C1(C)C. The standard InChI is InChI=1S/C13H17ClN2O2/c1-13(2)10(6-11(13)18-3)16-12(17)8-4-5-15-7-9(8)14/h4-5,7,10-11H,6H2,1-3H3,(H,16,17). The minimum absolute atomic E-state index is 0.0517. The summed E-state index contributed by atoms with van der Waals surface area (Å²) in [5.74, 6) is -0.157. The zero-order valence-corrected chi connectivity index (χ0v) is 11.5. The average Bonchev–Trinajstić information content (AvgIpc) is 2.34. The second-order valence-corrected chi connectivity index (χ2v) is 5.57. The van der Waals surface area contributed by atoms with Crippen LogP contribution in [0.2, 0.25) is 5.02 Å². The third-order valence-corrected chi connectivity index (χ3v) is 4.09. The highest BCUT2D eigenvalue weighted by molar-refractivity contribution is 6.33. The summed E-state index contributed by atoms with van der Waals surface area (Å²) in [5, 5.41) is 3.37. The molecule has 2 rings (SSSR count). The van der Waals surface area contributed by atoms with Gasteiger partial charge in [-0.1, -0.05) is 25.4 Å². The second-order valence-electron chi connectivity index (χ2n) is 5.16. The molecule has 0 spiro atoms. The molecule has 1 aromatic heterocycles. The van der Waals surface area contributed by atoms with Gasteiger partial charge in [0.25, 0.3) is 5.91 Å². The second kappa shape index (κ2) is 4.86. The van der Waals surface area contributed by atoms with E-state index in [1.165, 1.54) is 6.20 Å². The van der Waals surface area contributed by atoms with E-state index >= 15 is 0 Å². The molecule has 2 atom stereocenters. The van der Waals surface area contributed by atoms with E-state index in [0.717, 1.165) is 6.42 Å². The summed E-state index contributed by atoms with van der Waals surface area (Å²) >= 11 is 5.94. The summed E-state index contributed by atoms with van der Waals surface area (Å²) in [7, 11) is 1.70. The lowest BCUT2D eigenvalue weighted by Gasteiger charge is -2.51. The van der Waals surface area contributed by atoms with Crippen LogP contribution in [0, 0.1) is 5.41 Å². The van der Waals surface area contributed by atoms with Crippen molar-refractivity contribution >= 4 is 17.5 Å². The number of rotatable bonds is 3. The molecule has 0 bridgehead atoms. The van der Waals surface area contributed by atoms with Gasteiger partial charge in [0.2, 0.25) is 0 Å². The van der Waals surface area contributed by atoms with Gasteiger partial charge in [-0.25, -0.2) is 0 Å². The Labute approximate surface area is 112 Å². The Hall–Kier alpha value is -1.13. The van der Waals surface area contributed by atoms with Crippen molar-refractivity contribution in [3.05, 3.63) is 29.0 Å². The summed E-state index contributed by atoms with van der Waals surface area (Å²) in [6.07, 6.45) is 4.05. The molecule has 2 unspecified atom stereocenters. The summed E-state index contributed by atoms with van der Waals surface area (Å²) in [6.45, 7) is 4.17. The number of carbonyl (C=O) groups excluding carboxylic acids is 1. The number of aromatic nitrogens is 1. The molecule has 1 aromatic rings. The molecule has 1 heterocycles. The lowest BCUT2D eigenvalue weighted by molar-refractivity contribution is -0.0942. The summed E-state index contributed by atoms with van der Waals surface area (Å²) in [6, 6.07) is 1.73. The monoisotopic (exact) mass is 268 g/mol. The van der Waals surface area contributed by atoms with Crippen molar-refractivity contribution in [2.24, 2.45) is 5.41 Å². The fourth-order valence-corrected chi connectivity index (χ4v) is 2.53. The van der Waals surface area contributed by atoms with Crippen molar-refractivity contribution < 1.29 is 9.53 Å². The zero-order valence-electron chi connectivity index (χ0n) is 10.7. The van der Waals surface area contributed by atoms with Gasteiger partial charge < -0.3 is 10.1 Å². The van der Waals surface area contributed by atoms with Crippen molar-refractivity contribution in [2.75, 3.05) is 7.11 Å². The van der Waals surface area contributed by atoms with Crippen LogP contribution in [0.4, 0.5) is 0 Å². The van der Waals surface area contributed by atoms with Crippen molar-refractivity contribution in [1.29, 1.82) is 0 Å². The topological polar surface area (TPSA) is 51.2 Å². The Morgan fingerprint density at radius 3 is 2.89 bits per heavy atom. The van der Waals surface area contributed by atoms with Gasteiger partial charge in [0.15, 0.2) is 0 Å². The Kier molecular flexibility index (Phi) is 3.59. The van der Waals surface area contributed by atoms with Crippen molar-refractivity contribution in [2.45, 2.75) is 32.4 Å². The van der Waals surface area contributed by atoms with Crippen LogP contribution in [0.3, 0.4) is 0 Å². The van der Waals surface area contributed by atoms with Gasteiger partial charge in [0.05, 0.1) is 16.7 Å². The molecule has 5 heteroatoms. The Bertz CT molecular complexity index is 462. The molecule has 4 nitrogen and oxygen atoms in total. The average molecular weight is 269 g/mol. The number of nitrogens with zero attached hydrogens (tertiary/aromatic N) is 1. The number of methoxy groups -OCH3 is 1. The largest absolute Gasteiger partial charge is 0.381 e. The fraction of sp³-hybridized carbons (Fsp3) is 0.538. The molecule has 1 aliphatic rings. The highest BCUT2D eigenvalue weighted by Crippen LogP contribution is 2.42. The van der Waals surface area contributed by atoms with Gasteiger partial charge in [-0.05, 0) is 12.5 Å². The number of carbonyl (C=O) groups is 1. The Morgan fingerprint density at radius 2 is 2.33 bits per heavy atom. The molecule has 18 heavy (non-hydrogen) atoms. The first kappa shape index (κ1) is 13.3. The molecule has 98 valence electrons. The highest BCUT2D eigenvalue weighted by Gasteiger charge is 2.49. The number of ether oxygens (including phenoxy) is 1. The van der Waals surface area contributed by atoms with E-state index in [-0.39, 0.29) is 23.5 Å². The predicted molar refractivity (Wildman–Crippen MR) is 69.7 cm³/mol. The van der Waals surface area contributed by atoms with Crippen LogP contribution >= 0.6 is 11.6 Å². The Morgan fingerprint density at radius 1 is 1.61 bits per heavy atom. The van der Waals surface area contributed by atoms with E-state index in [4.69, 9.17) is 16.3 Å². The van der Waals surface area contributed by atoms with Gasteiger partial charge in [-0.3, -0.25) is 9.78 Å². The van der Waals surface area contributed by atoms with Crippen LogP contribution in [0.15, 0.2) is 18.5 Å². The number of nitrogens with one attached hydrogen (secondary N) is 1. The molecule has 0 aromatic carbocycles. The normalized spacial score (nSPS) is 25.3. The first-order chi connectivity index (χ1) is 8.46. The number of pyridine rings is 1. The smallest absolute Gasteiger partial charge is 0.253 e. The van der Waals surface area contributed by atoms with Gasteiger partial charge in [0, 0.05) is 31.0 Å². The molecule has 1 aliphatic carbocycles. The van der Waals surface area contributed by atoms with Gasteiger partial charge in [0.1, 0.15) is 0 Å². The predicted octanol–water partition coefficient (Wildman–Crippen LogP) is 2.28. The van der Waals surface area contributed by atoms with Crippen LogP contribution in [0.1, 0.15) is 30.6 Å². The number of amides is 1. The maximum absolute atomic E-state index is 12.1. The summed E-state index contributed by atoms with van der Waals surface area (Å²) < 4.78 is 5.36. The molecular formula is C13H17ClN2O2. The lowest BCUT2D eigenvalue weighted by Crippen LogP contribution is -2.61. The molecule has 1 saturated carbocycles. The number of halogens is 1. The van der Waals surface area contributed by atoms with Crippen molar-refractivity contribution in [3.63, 3.8) is 0 Å². The quantitative estimate of drug-likeness (QED) is 0.915. The van der Waals surface area contributed by atoms with Crippen LogP contribution in [0.25, 0.3) is 0 Å². The van der Waals surface area contributed by atoms with E-state index in [1.807, 2.05) is 0 Å². The summed E-state index contributed by atoms with van der Waals surface area (Å²) in [5.41, 5.74) is 0.410. The number of hydrogen-bond acceptors (Lipinski definition) is 3. The van der Waals surface area contributed by atoms with Gasteiger partial charge >= 0.3 is 0 Å². The fourth-order valence-electron chi connectivity index (χ4n) is 2.33. The first-order valence-corrected chi connectivity index (χ1v) is 6.27. The molecule has 0 radical (unpaired) electrons. The van der Waals surface area contributed by atoms with Gasteiger partial charge in [-0.15, -0.1) is 0 Å². The molecule has 1 fully saturated rings. The molecule has 1 N–H and O–H groups in total. The molecule has 0 saturated heterocycles. The van der Waals surface area contributed by atoms with Crippen molar-refractivity contribution in [1.82, 2.24) is 10.3 Å². The van der Waals surface area contributed by atoms with E-state index in [1.54, 1.807) is 19.4 Å². The first-order valence-electron chi connectivity index (χ1n) is 5.90. The maximum Gasteiger partial charge on any atom is 0.253 e. The highest BCUT2D eigenvalue weighted by atomic mass is 35.5. The minimum atomic E-state index is -0.157. The van der Waals surface area contributed by atoms with E-state index in [9.17, 15) is 4.79 Å². The van der Waals surface area contributed by atoms with Crippen LogP contribution in [-0.4, -0.2) is 30.1 Å². The van der Waals surface area contributed by atoms with E-state index in [0.29, 0.717) is 10.6 Å². The summed E-state index contributed by atoms with van der Waals surface area (Å²) in [4.78, 5) is 15.9. The van der Waals surface area contributed by atoms with E-state index < -0.39 is 0 Å². The molecular weight excluding hydrogens is 252 g/mol. The van der Waals surface area contributed by atoms with Crippen LogP contribution < -0.4 is 5.32 Å². The molecule has 1 amide bonds. The Balaban J connectivity index is 2.04. The zero-order chi connectivity index (χ0) is 13.3. The van der Waals surface area contributed by atoms with E-state index in [2.05, 4.69) is 24.1 Å². The minimum Gasteiger partial charge on any atom is -0.381 e.